The third kappa shape index (κ3) is 8.21. The molecule has 0 amide bonds. The number of ether oxygens (including phenoxy) is 5. The number of rotatable bonds is 7. The molecule has 10 nitrogen and oxygen atoms in total. The number of hydrogen-bond acceptors (Lipinski definition) is 10. The van der Waals surface area contributed by atoms with Crippen LogP contribution in [-0.4, -0.2) is 61.4 Å². The van der Waals surface area contributed by atoms with Crippen LogP contribution >= 0.6 is 0 Å². The Kier molecular flexibility index (Phi) is 10.2. The van der Waals surface area contributed by atoms with Gasteiger partial charge in [-0.25, -0.2) is 9.59 Å². The summed E-state index contributed by atoms with van der Waals surface area (Å²) >= 11 is 0. The maximum atomic E-state index is 12.9. The predicted octanol–water partition coefficient (Wildman–Crippen LogP) is 2.67. The van der Waals surface area contributed by atoms with Crippen molar-refractivity contribution in [1.82, 2.24) is 0 Å². The van der Waals surface area contributed by atoms with E-state index in [4.69, 9.17) is 23.7 Å². The molecule has 1 aliphatic carbocycles. The third-order valence-corrected chi connectivity index (χ3v) is 5.71. The summed E-state index contributed by atoms with van der Waals surface area (Å²) in [7, 11) is 0. The van der Waals surface area contributed by atoms with Crippen LogP contribution in [0.5, 0.6) is 0 Å². The molecule has 1 fully saturated rings. The molecule has 0 aromatic heterocycles. The minimum atomic E-state index is -0.894. The lowest BCUT2D eigenvalue weighted by molar-refractivity contribution is -0.148. The first kappa shape index (κ1) is 28.5. The lowest BCUT2D eigenvalue weighted by Gasteiger charge is -2.29. The molecule has 0 unspecified atom stereocenters. The summed E-state index contributed by atoms with van der Waals surface area (Å²) in [5, 5.41) is 0. The van der Waals surface area contributed by atoms with Crippen molar-refractivity contribution in [3.8, 4) is 0 Å². The molecule has 0 bridgehead atoms. The highest BCUT2D eigenvalue weighted by molar-refractivity contribution is 5.92. The normalized spacial score (nSPS) is 27.3. The predicted molar refractivity (Wildman–Crippen MR) is 126 cm³/mol. The summed E-state index contributed by atoms with van der Waals surface area (Å²) < 4.78 is 26.8. The second-order valence-electron chi connectivity index (χ2n) is 8.65. The van der Waals surface area contributed by atoms with Crippen LogP contribution in [0.4, 0.5) is 0 Å². The fourth-order valence-electron chi connectivity index (χ4n) is 3.84. The lowest BCUT2D eigenvalue weighted by Crippen LogP contribution is -2.35. The molecule has 2 rings (SSSR count). The summed E-state index contributed by atoms with van der Waals surface area (Å²) in [5.41, 5.74) is 1.56. The number of esters is 5. The molecular formula is C26H32O10. The Bertz CT molecular complexity index is 1020. The summed E-state index contributed by atoms with van der Waals surface area (Å²) in [6.07, 6.45) is 2.88. The maximum Gasteiger partial charge on any atom is 0.334 e. The molecule has 1 aliphatic heterocycles. The molecule has 2 aliphatic rings. The van der Waals surface area contributed by atoms with Crippen molar-refractivity contribution in [2.24, 2.45) is 5.92 Å². The minimum Gasteiger partial charge on any atom is -0.462 e. The van der Waals surface area contributed by atoms with Crippen LogP contribution in [0.15, 0.2) is 47.1 Å². The number of carbonyl (C=O) groups excluding carboxylic acids is 5. The second-order valence-corrected chi connectivity index (χ2v) is 8.65. The summed E-state index contributed by atoms with van der Waals surface area (Å²) in [6, 6.07) is 0. The van der Waals surface area contributed by atoms with E-state index in [1.54, 1.807) is 19.1 Å². The molecule has 0 aromatic carbocycles. The highest BCUT2D eigenvalue weighted by Gasteiger charge is 2.45. The third-order valence-electron chi connectivity index (χ3n) is 5.71. The molecule has 196 valence electrons. The molecule has 4 atom stereocenters. The van der Waals surface area contributed by atoms with Crippen LogP contribution in [0, 0.1) is 5.92 Å². The summed E-state index contributed by atoms with van der Waals surface area (Å²) in [4.78, 5) is 59.4. The van der Waals surface area contributed by atoms with Crippen LogP contribution in [0.1, 0.15) is 47.5 Å². The number of hydrogen-bond donors (Lipinski definition) is 0. The van der Waals surface area contributed by atoms with Gasteiger partial charge in [-0.3, -0.25) is 14.4 Å². The smallest absolute Gasteiger partial charge is 0.334 e. The fourth-order valence-corrected chi connectivity index (χ4v) is 3.84. The van der Waals surface area contributed by atoms with Gasteiger partial charge in [0.15, 0.2) is 0 Å². The first-order valence-electron chi connectivity index (χ1n) is 11.5. The van der Waals surface area contributed by atoms with E-state index in [2.05, 4.69) is 6.58 Å². The van der Waals surface area contributed by atoms with Crippen LogP contribution in [0.25, 0.3) is 0 Å². The Balaban J connectivity index is 2.44. The average Bonchev–Trinajstić information content (AvgIpc) is 3.05. The first-order valence-corrected chi connectivity index (χ1v) is 11.5. The van der Waals surface area contributed by atoms with Gasteiger partial charge in [0, 0.05) is 44.8 Å². The largest absolute Gasteiger partial charge is 0.462 e. The average molecular weight is 505 g/mol. The summed E-state index contributed by atoms with van der Waals surface area (Å²) in [5.74, 6) is -3.53. The van der Waals surface area contributed by atoms with E-state index in [-0.39, 0.29) is 37.2 Å². The minimum absolute atomic E-state index is 0.0844. The van der Waals surface area contributed by atoms with Gasteiger partial charge in [0.05, 0.1) is 5.92 Å². The molecule has 0 aromatic rings. The molecule has 1 heterocycles. The van der Waals surface area contributed by atoms with Crippen LogP contribution in [0.3, 0.4) is 0 Å². The molecule has 1 saturated heterocycles. The van der Waals surface area contributed by atoms with Gasteiger partial charge in [-0.15, -0.1) is 0 Å². The van der Waals surface area contributed by atoms with Gasteiger partial charge in [0.2, 0.25) is 0 Å². The van der Waals surface area contributed by atoms with E-state index >= 15 is 0 Å². The maximum absolute atomic E-state index is 12.9. The molecule has 10 heteroatoms. The van der Waals surface area contributed by atoms with Crippen molar-refractivity contribution in [1.29, 1.82) is 0 Å². The standard InChI is InChI=1S/C26H32O10/c1-14(9-10-32-17(4)27)25(30)35-23-12-20(13-33-18(5)28)7-8-21(34-19(6)29)15(2)11-22-24(23)16(3)26(31)36-22/h7,9,11,21-24H,3,8,10,12-13H2,1-2,4-6H3/b14-9+,15-11-,20-7+/t21-,22-,23+,24-/m0/s1. The highest BCUT2D eigenvalue weighted by atomic mass is 16.6. The van der Waals surface area contributed by atoms with E-state index in [9.17, 15) is 24.0 Å². The Labute approximate surface area is 209 Å². The zero-order valence-corrected chi connectivity index (χ0v) is 21.2. The van der Waals surface area contributed by atoms with E-state index in [1.807, 2.05) is 0 Å². The zero-order chi connectivity index (χ0) is 27.0. The van der Waals surface area contributed by atoms with E-state index in [1.165, 1.54) is 33.8 Å². The molecule has 0 N–H and O–H groups in total. The molecular weight excluding hydrogens is 472 g/mol. The van der Waals surface area contributed by atoms with Crippen molar-refractivity contribution in [3.05, 3.63) is 47.1 Å². The number of carbonyl (C=O) groups is 5. The van der Waals surface area contributed by atoms with Crippen molar-refractivity contribution >= 4 is 29.8 Å². The van der Waals surface area contributed by atoms with Crippen molar-refractivity contribution in [3.63, 3.8) is 0 Å². The van der Waals surface area contributed by atoms with Crippen molar-refractivity contribution < 1.29 is 47.7 Å². The van der Waals surface area contributed by atoms with Gasteiger partial charge in [-0.05, 0) is 37.1 Å². The van der Waals surface area contributed by atoms with Gasteiger partial charge in [0.1, 0.15) is 31.5 Å². The van der Waals surface area contributed by atoms with E-state index < -0.39 is 54.1 Å². The highest BCUT2D eigenvalue weighted by Crippen LogP contribution is 2.37. The van der Waals surface area contributed by atoms with Gasteiger partial charge in [-0.1, -0.05) is 12.7 Å². The van der Waals surface area contributed by atoms with E-state index in [0.717, 1.165) is 0 Å². The Morgan fingerprint density at radius 2 is 1.72 bits per heavy atom. The van der Waals surface area contributed by atoms with Gasteiger partial charge in [0.25, 0.3) is 0 Å². The van der Waals surface area contributed by atoms with Gasteiger partial charge >= 0.3 is 29.8 Å². The first-order chi connectivity index (χ1) is 16.9. The molecule has 0 spiro atoms. The van der Waals surface area contributed by atoms with Gasteiger partial charge < -0.3 is 23.7 Å². The lowest BCUT2D eigenvalue weighted by atomic mass is 9.85. The Morgan fingerprint density at radius 3 is 2.33 bits per heavy atom. The second kappa shape index (κ2) is 12.9. The summed E-state index contributed by atoms with van der Waals surface area (Å²) in [6.45, 7) is 10.7. The number of fused-ring (bicyclic) bond motifs is 1. The molecule has 0 saturated carbocycles. The fraction of sp³-hybridized carbons (Fsp3) is 0.500. The monoisotopic (exact) mass is 504 g/mol. The topological polar surface area (TPSA) is 132 Å². The molecule has 0 radical (unpaired) electrons. The van der Waals surface area contributed by atoms with Crippen LogP contribution < -0.4 is 0 Å². The zero-order valence-electron chi connectivity index (χ0n) is 21.2. The van der Waals surface area contributed by atoms with Crippen LogP contribution in [-0.2, 0) is 47.7 Å². The molecule has 36 heavy (non-hydrogen) atoms. The van der Waals surface area contributed by atoms with E-state index in [0.29, 0.717) is 11.1 Å². The quantitative estimate of drug-likeness (QED) is 0.221. The Hall–Kier alpha value is -3.69. The van der Waals surface area contributed by atoms with Crippen LogP contribution in [0.2, 0.25) is 0 Å². The van der Waals surface area contributed by atoms with Crippen molar-refractivity contribution in [2.45, 2.75) is 65.8 Å². The Morgan fingerprint density at radius 1 is 1.06 bits per heavy atom. The SMILES string of the molecule is C=C1C(=O)O[C@H]2/C=C(/C)[C@@H](OC(C)=O)C/C=C(/COC(C)=O)C[C@@H](OC(=O)/C(C)=C/COC(C)=O)[C@@H]12. The van der Waals surface area contributed by atoms with Gasteiger partial charge in [-0.2, -0.15) is 0 Å². The van der Waals surface area contributed by atoms with Crippen molar-refractivity contribution in [2.75, 3.05) is 13.2 Å².